The number of methoxy groups -OCH3 is 1. The number of amides is 1. The first-order valence-corrected chi connectivity index (χ1v) is 7.10. The molecule has 1 saturated heterocycles. The van der Waals surface area contributed by atoms with Crippen molar-refractivity contribution in [3.63, 3.8) is 0 Å². The minimum atomic E-state index is -0.0391. The molecule has 98 valence electrons. The van der Waals surface area contributed by atoms with E-state index in [0.717, 1.165) is 22.8 Å². The standard InChI is InChI=1S/C13H18N2O2S/c1-17-7-11-4-2-10(3-5-11)6-14-13(16)12-8-18-9-15-12/h2-5,12,15H,6-9H2,1H3,(H,14,16). The molecule has 0 aromatic heterocycles. The van der Waals surface area contributed by atoms with E-state index in [1.165, 1.54) is 0 Å². The molecule has 0 radical (unpaired) electrons. The van der Waals surface area contributed by atoms with Gasteiger partial charge in [0.15, 0.2) is 0 Å². The van der Waals surface area contributed by atoms with Crippen molar-refractivity contribution in [1.82, 2.24) is 10.6 Å². The molecule has 0 bridgehead atoms. The van der Waals surface area contributed by atoms with E-state index in [4.69, 9.17) is 4.74 Å². The van der Waals surface area contributed by atoms with Crippen LogP contribution in [-0.4, -0.2) is 30.7 Å². The van der Waals surface area contributed by atoms with Gasteiger partial charge in [-0.05, 0) is 11.1 Å². The number of carbonyl (C=O) groups is 1. The monoisotopic (exact) mass is 266 g/mol. The molecule has 1 aliphatic heterocycles. The van der Waals surface area contributed by atoms with Gasteiger partial charge >= 0.3 is 0 Å². The Morgan fingerprint density at radius 3 is 2.78 bits per heavy atom. The highest BCUT2D eigenvalue weighted by Gasteiger charge is 2.21. The van der Waals surface area contributed by atoms with Crippen LogP contribution >= 0.6 is 11.8 Å². The van der Waals surface area contributed by atoms with Crippen LogP contribution in [0.4, 0.5) is 0 Å². The second-order valence-corrected chi connectivity index (χ2v) is 5.27. The summed E-state index contributed by atoms with van der Waals surface area (Å²) in [6.45, 7) is 1.20. The lowest BCUT2D eigenvalue weighted by Crippen LogP contribution is -2.41. The fourth-order valence-corrected chi connectivity index (χ4v) is 2.74. The Morgan fingerprint density at radius 2 is 2.17 bits per heavy atom. The van der Waals surface area contributed by atoms with Gasteiger partial charge in [-0.3, -0.25) is 10.1 Å². The van der Waals surface area contributed by atoms with E-state index in [-0.39, 0.29) is 11.9 Å². The third-order valence-electron chi connectivity index (χ3n) is 2.83. The van der Waals surface area contributed by atoms with Gasteiger partial charge in [-0.25, -0.2) is 0 Å². The minimum Gasteiger partial charge on any atom is -0.380 e. The smallest absolute Gasteiger partial charge is 0.238 e. The molecule has 1 unspecified atom stereocenters. The van der Waals surface area contributed by atoms with Crippen molar-refractivity contribution in [2.75, 3.05) is 18.7 Å². The topological polar surface area (TPSA) is 50.4 Å². The Labute approximate surface area is 111 Å². The maximum absolute atomic E-state index is 11.8. The van der Waals surface area contributed by atoms with Crippen LogP contribution in [0.2, 0.25) is 0 Å². The fraction of sp³-hybridized carbons (Fsp3) is 0.462. The molecular formula is C13H18N2O2S. The van der Waals surface area contributed by atoms with Gasteiger partial charge < -0.3 is 10.1 Å². The zero-order valence-electron chi connectivity index (χ0n) is 10.4. The van der Waals surface area contributed by atoms with Crippen molar-refractivity contribution in [2.45, 2.75) is 19.2 Å². The van der Waals surface area contributed by atoms with Crippen LogP contribution in [0.3, 0.4) is 0 Å². The average molecular weight is 266 g/mol. The summed E-state index contributed by atoms with van der Waals surface area (Å²) in [4.78, 5) is 11.8. The highest BCUT2D eigenvalue weighted by Crippen LogP contribution is 2.10. The van der Waals surface area contributed by atoms with Crippen molar-refractivity contribution < 1.29 is 9.53 Å². The first kappa shape index (κ1) is 13.4. The normalized spacial score (nSPS) is 18.8. The minimum absolute atomic E-state index is 0.0391. The summed E-state index contributed by atoms with van der Waals surface area (Å²) in [6, 6.07) is 8.04. The predicted molar refractivity (Wildman–Crippen MR) is 73.3 cm³/mol. The molecule has 18 heavy (non-hydrogen) atoms. The molecule has 1 amide bonds. The summed E-state index contributed by atoms with van der Waals surface area (Å²) in [5.41, 5.74) is 2.25. The Morgan fingerprint density at radius 1 is 1.44 bits per heavy atom. The Hall–Kier alpha value is -1.04. The number of benzene rings is 1. The van der Waals surface area contributed by atoms with E-state index in [9.17, 15) is 4.79 Å². The van der Waals surface area contributed by atoms with Crippen molar-refractivity contribution in [1.29, 1.82) is 0 Å². The first-order valence-electron chi connectivity index (χ1n) is 5.95. The lowest BCUT2D eigenvalue weighted by atomic mass is 10.1. The average Bonchev–Trinajstić information content (AvgIpc) is 2.92. The van der Waals surface area contributed by atoms with Gasteiger partial charge in [-0.15, -0.1) is 11.8 Å². The van der Waals surface area contributed by atoms with Gasteiger partial charge in [0.05, 0.1) is 12.6 Å². The van der Waals surface area contributed by atoms with Gasteiger partial charge in [0.1, 0.15) is 0 Å². The summed E-state index contributed by atoms with van der Waals surface area (Å²) in [7, 11) is 1.68. The molecule has 2 N–H and O–H groups in total. The summed E-state index contributed by atoms with van der Waals surface area (Å²) in [5.74, 6) is 1.81. The first-order chi connectivity index (χ1) is 8.79. The van der Waals surface area contributed by atoms with Gasteiger partial charge in [0.25, 0.3) is 0 Å². The molecule has 1 fully saturated rings. The van der Waals surface area contributed by atoms with Gasteiger partial charge in [0, 0.05) is 25.3 Å². The number of rotatable bonds is 5. The number of carbonyl (C=O) groups excluding carboxylic acids is 1. The zero-order valence-corrected chi connectivity index (χ0v) is 11.3. The van der Waals surface area contributed by atoms with Crippen molar-refractivity contribution >= 4 is 17.7 Å². The molecule has 1 aliphatic rings. The third-order valence-corrected chi connectivity index (χ3v) is 3.77. The molecule has 1 heterocycles. The Bertz CT molecular complexity index is 388. The largest absolute Gasteiger partial charge is 0.380 e. The van der Waals surface area contributed by atoms with Crippen molar-refractivity contribution in [3.8, 4) is 0 Å². The second kappa shape index (κ2) is 6.78. The van der Waals surface area contributed by atoms with E-state index in [2.05, 4.69) is 10.6 Å². The third kappa shape index (κ3) is 3.73. The van der Waals surface area contributed by atoms with E-state index in [1.54, 1.807) is 18.9 Å². The van der Waals surface area contributed by atoms with Crippen molar-refractivity contribution in [3.05, 3.63) is 35.4 Å². The number of thioether (sulfide) groups is 1. The van der Waals surface area contributed by atoms with Crippen molar-refractivity contribution in [2.24, 2.45) is 0 Å². The molecule has 0 spiro atoms. The zero-order chi connectivity index (χ0) is 12.8. The van der Waals surface area contributed by atoms with Gasteiger partial charge in [-0.2, -0.15) is 0 Å². The predicted octanol–water partition coefficient (Wildman–Crippen LogP) is 1.11. The van der Waals surface area contributed by atoms with Gasteiger partial charge in [0.2, 0.25) is 5.91 Å². The van der Waals surface area contributed by atoms with Crippen LogP contribution in [0.1, 0.15) is 11.1 Å². The van der Waals surface area contributed by atoms with E-state index in [1.807, 2.05) is 24.3 Å². The van der Waals surface area contributed by atoms with E-state index < -0.39 is 0 Å². The van der Waals surface area contributed by atoms with Crippen LogP contribution in [0.5, 0.6) is 0 Å². The molecule has 4 nitrogen and oxygen atoms in total. The SMILES string of the molecule is COCc1ccc(CNC(=O)C2CSCN2)cc1. The molecule has 5 heteroatoms. The maximum atomic E-state index is 11.8. The van der Waals surface area contributed by atoms with Crippen LogP contribution in [0.15, 0.2) is 24.3 Å². The molecule has 1 atom stereocenters. The highest BCUT2D eigenvalue weighted by molar-refractivity contribution is 7.99. The van der Waals surface area contributed by atoms with E-state index in [0.29, 0.717) is 13.2 Å². The van der Waals surface area contributed by atoms with Crippen LogP contribution in [0.25, 0.3) is 0 Å². The summed E-state index contributed by atoms with van der Waals surface area (Å²) in [5, 5.41) is 6.10. The maximum Gasteiger partial charge on any atom is 0.238 e. The lowest BCUT2D eigenvalue weighted by molar-refractivity contribution is -0.122. The summed E-state index contributed by atoms with van der Waals surface area (Å²) < 4.78 is 5.05. The summed E-state index contributed by atoms with van der Waals surface area (Å²) in [6.07, 6.45) is 0. The summed E-state index contributed by atoms with van der Waals surface area (Å²) >= 11 is 1.75. The molecular weight excluding hydrogens is 248 g/mol. The molecule has 0 saturated carbocycles. The number of hydrogen-bond donors (Lipinski definition) is 2. The second-order valence-electron chi connectivity index (χ2n) is 4.24. The van der Waals surface area contributed by atoms with Crippen LogP contribution < -0.4 is 10.6 Å². The Balaban J connectivity index is 1.80. The quantitative estimate of drug-likeness (QED) is 0.838. The number of nitrogens with one attached hydrogen (secondary N) is 2. The molecule has 0 aliphatic carbocycles. The van der Waals surface area contributed by atoms with Crippen LogP contribution in [-0.2, 0) is 22.7 Å². The fourth-order valence-electron chi connectivity index (χ4n) is 1.80. The van der Waals surface area contributed by atoms with Gasteiger partial charge in [-0.1, -0.05) is 24.3 Å². The molecule has 1 aromatic rings. The molecule has 2 rings (SSSR count). The molecule has 1 aromatic carbocycles. The number of ether oxygens (including phenoxy) is 1. The number of hydrogen-bond acceptors (Lipinski definition) is 4. The van der Waals surface area contributed by atoms with Crippen LogP contribution in [0, 0.1) is 0 Å². The highest BCUT2D eigenvalue weighted by atomic mass is 32.2. The lowest BCUT2D eigenvalue weighted by Gasteiger charge is -2.10. The Kier molecular flexibility index (Phi) is 5.04. The van der Waals surface area contributed by atoms with E-state index >= 15 is 0 Å².